The van der Waals surface area contributed by atoms with Crippen LogP contribution in [0.25, 0.3) is 86.5 Å². The van der Waals surface area contributed by atoms with Crippen LogP contribution in [-0.4, -0.2) is 4.40 Å². The molecule has 2 aliphatic heterocycles. The summed E-state index contributed by atoms with van der Waals surface area (Å²) in [5.74, 6) is 0. The van der Waals surface area contributed by atoms with Crippen molar-refractivity contribution < 1.29 is 9.13 Å². The van der Waals surface area contributed by atoms with E-state index in [0.29, 0.717) is 0 Å². The Hall–Kier alpha value is -5.84. The number of para-hydroxylation sites is 1. The first-order valence-corrected chi connectivity index (χ1v) is 22.1. The SMILES string of the molecule is C=C1CC2(C)[n+]3ccc(CC(C)(C)C)cc3-c3cc4c5cc6sc7cc(C)ccc7c6c6c7ccccc7n(c4cc3C2(C)CCc2ccccc2-c2cccc[n+]21)c56. The topological polar surface area (TPSA) is 12.2 Å². The van der Waals surface area contributed by atoms with Gasteiger partial charge < -0.3 is 4.40 Å². The normalized spacial score (nSPS) is 19.4. The molecule has 0 saturated carbocycles. The number of thiophene rings is 1. The fourth-order valence-electron chi connectivity index (χ4n) is 11.6. The molecule has 5 aromatic carbocycles. The van der Waals surface area contributed by atoms with Gasteiger partial charge in [0.1, 0.15) is 0 Å². The lowest BCUT2D eigenvalue weighted by Gasteiger charge is -2.47. The number of benzene rings is 5. The Morgan fingerprint density at radius 1 is 0.712 bits per heavy atom. The van der Waals surface area contributed by atoms with Crippen LogP contribution in [0.1, 0.15) is 69.7 Å². The number of hydrogen-bond donors (Lipinski definition) is 0. The second-order valence-electron chi connectivity index (χ2n) is 19.4. The largest absolute Gasteiger partial charge is 0.308 e. The lowest BCUT2D eigenvalue weighted by molar-refractivity contribution is -0.766. The van der Waals surface area contributed by atoms with E-state index in [2.05, 4.69) is 183 Å². The zero-order chi connectivity index (χ0) is 40.2. The predicted octanol–water partition coefficient (Wildman–Crippen LogP) is 13.5. The smallest absolute Gasteiger partial charge is 0.218 e. The molecular weight excluding hydrogens is 735 g/mol. The Bertz CT molecular complexity index is 3450. The van der Waals surface area contributed by atoms with Crippen LogP contribution >= 0.6 is 11.3 Å². The number of rotatable bonds is 1. The van der Waals surface area contributed by atoms with Crippen molar-refractivity contribution >= 4 is 75.3 Å². The molecule has 0 N–H and O–H groups in total. The maximum absolute atomic E-state index is 4.90. The van der Waals surface area contributed by atoms with Crippen molar-refractivity contribution in [2.75, 3.05) is 0 Å². The maximum Gasteiger partial charge on any atom is 0.218 e. The fraction of sp³-hybridized carbons (Fsp3) is 0.236. The number of fused-ring (bicyclic) bond motifs is 19. The lowest BCUT2D eigenvalue weighted by atomic mass is 9.59. The Balaban J connectivity index is 1.21. The molecule has 0 fully saturated rings. The van der Waals surface area contributed by atoms with Gasteiger partial charge in [-0.15, -0.1) is 11.3 Å². The van der Waals surface area contributed by atoms with E-state index in [1.165, 1.54) is 103 Å². The zero-order valence-corrected chi connectivity index (χ0v) is 35.7. The van der Waals surface area contributed by atoms with E-state index in [0.717, 1.165) is 31.4 Å². The Kier molecular flexibility index (Phi) is 7.08. The van der Waals surface area contributed by atoms with E-state index in [9.17, 15) is 0 Å². The second-order valence-corrected chi connectivity index (χ2v) is 20.5. The lowest BCUT2D eigenvalue weighted by Crippen LogP contribution is -2.68. The first kappa shape index (κ1) is 35.1. The Labute approximate surface area is 349 Å². The molecule has 0 spiro atoms. The highest BCUT2D eigenvalue weighted by molar-refractivity contribution is 7.26. The molecule has 4 heteroatoms. The number of aryl methyl sites for hydroxylation is 2. The van der Waals surface area contributed by atoms with Crippen LogP contribution in [0.15, 0.2) is 134 Å². The summed E-state index contributed by atoms with van der Waals surface area (Å²) in [6, 6.07) is 44.4. The summed E-state index contributed by atoms with van der Waals surface area (Å²) in [5, 5.41) is 8.17. The minimum atomic E-state index is -0.327. The van der Waals surface area contributed by atoms with Crippen LogP contribution in [0.2, 0.25) is 0 Å². The van der Waals surface area contributed by atoms with Gasteiger partial charge in [0.15, 0.2) is 23.6 Å². The van der Waals surface area contributed by atoms with Crippen LogP contribution in [0.3, 0.4) is 0 Å². The van der Waals surface area contributed by atoms with Crippen molar-refractivity contribution in [1.82, 2.24) is 4.40 Å². The quantitative estimate of drug-likeness (QED) is 0.147. The molecule has 10 aromatic rings. The predicted molar refractivity (Wildman–Crippen MR) is 249 cm³/mol. The van der Waals surface area contributed by atoms with Gasteiger partial charge in [-0.3, -0.25) is 0 Å². The van der Waals surface area contributed by atoms with E-state index in [4.69, 9.17) is 6.58 Å². The molecule has 12 rings (SSSR count). The summed E-state index contributed by atoms with van der Waals surface area (Å²) >= 11 is 1.94. The van der Waals surface area contributed by atoms with Gasteiger partial charge in [0.05, 0.1) is 33.9 Å². The van der Waals surface area contributed by atoms with E-state index >= 15 is 0 Å². The number of hydrogen-bond acceptors (Lipinski definition) is 1. The zero-order valence-electron chi connectivity index (χ0n) is 34.9. The van der Waals surface area contributed by atoms with Gasteiger partial charge in [0.25, 0.3) is 0 Å². The first-order valence-electron chi connectivity index (χ1n) is 21.3. The van der Waals surface area contributed by atoms with Gasteiger partial charge in [-0.25, -0.2) is 0 Å². The summed E-state index contributed by atoms with van der Waals surface area (Å²) in [5.41, 5.74) is 15.3. The molecule has 59 heavy (non-hydrogen) atoms. The van der Waals surface area contributed by atoms with E-state index in [1.807, 2.05) is 11.3 Å². The van der Waals surface area contributed by atoms with Crippen LogP contribution in [0.4, 0.5) is 0 Å². The second kappa shape index (κ2) is 11.9. The van der Waals surface area contributed by atoms with Gasteiger partial charge in [0, 0.05) is 78.5 Å². The third-order valence-electron chi connectivity index (χ3n) is 14.5. The van der Waals surface area contributed by atoms with Crippen molar-refractivity contribution in [2.45, 2.75) is 78.2 Å². The third-order valence-corrected chi connectivity index (χ3v) is 15.6. The molecular formula is C55H49N3S+2. The highest BCUT2D eigenvalue weighted by Crippen LogP contribution is 2.55. The highest BCUT2D eigenvalue weighted by atomic mass is 32.1. The molecule has 0 amide bonds. The van der Waals surface area contributed by atoms with E-state index < -0.39 is 0 Å². The molecule has 7 heterocycles. The molecule has 0 bridgehead atoms. The van der Waals surface area contributed by atoms with Crippen LogP contribution in [0, 0.1) is 12.3 Å². The number of allylic oxidation sites excluding steroid dienone is 1. The summed E-state index contributed by atoms with van der Waals surface area (Å²) in [6.45, 7) is 19.3. The van der Waals surface area contributed by atoms with Crippen LogP contribution < -0.4 is 9.13 Å². The summed E-state index contributed by atoms with van der Waals surface area (Å²) in [7, 11) is 0. The highest BCUT2D eigenvalue weighted by Gasteiger charge is 2.59. The molecule has 0 aliphatic carbocycles. The molecule has 0 saturated heterocycles. The first-order chi connectivity index (χ1) is 28.4. The molecule has 2 aliphatic rings. The van der Waals surface area contributed by atoms with Crippen LogP contribution in [-0.2, 0) is 23.8 Å². The van der Waals surface area contributed by atoms with Crippen molar-refractivity contribution in [2.24, 2.45) is 5.41 Å². The minimum Gasteiger partial charge on any atom is -0.308 e. The van der Waals surface area contributed by atoms with Gasteiger partial charge in [-0.05, 0) is 110 Å². The molecule has 5 aromatic heterocycles. The summed E-state index contributed by atoms with van der Waals surface area (Å²) < 4.78 is 10.4. The van der Waals surface area contributed by atoms with Crippen molar-refractivity contribution in [3.8, 4) is 22.5 Å². The molecule has 3 nitrogen and oxygen atoms in total. The van der Waals surface area contributed by atoms with Gasteiger partial charge >= 0.3 is 0 Å². The fourth-order valence-corrected chi connectivity index (χ4v) is 12.8. The summed E-state index contributed by atoms with van der Waals surface area (Å²) in [4.78, 5) is 0. The van der Waals surface area contributed by atoms with Crippen LogP contribution in [0.5, 0.6) is 0 Å². The molecule has 288 valence electrons. The third kappa shape index (κ3) is 4.75. The van der Waals surface area contributed by atoms with Gasteiger partial charge in [-0.1, -0.05) is 69.3 Å². The molecule has 0 radical (unpaired) electrons. The Morgan fingerprint density at radius 2 is 1.53 bits per heavy atom. The number of nitrogens with zero attached hydrogens (tertiary/aromatic N) is 3. The Morgan fingerprint density at radius 3 is 2.39 bits per heavy atom. The number of aromatic nitrogens is 3. The van der Waals surface area contributed by atoms with Crippen molar-refractivity contribution in [3.05, 3.63) is 156 Å². The maximum atomic E-state index is 4.90. The van der Waals surface area contributed by atoms with Gasteiger partial charge in [0.2, 0.25) is 11.4 Å². The standard InChI is InChI=1S/C55H49N3S/c1-33-19-20-39-48(26-33)59-49-29-41-40-28-42-43(30-47(40)58-45-18-11-10-16-38(45)51(50(39)49)52(41)58)54(6)23-21-36-14-8-9-15-37(36)44-17-12-13-24-56(44)34(2)31-55(54,7)57-25-22-35(27-46(42)57)32-53(3,4)5/h8-20,22,24-30H,2,21,23,31-32H2,1,3-7H3/q+2. The van der Waals surface area contributed by atoms with E-state index in [1.54, 1.807) is 0 Å². The average Bonchev–Trinajstić information content (AvgIpc) is 3.86. The van der Waals surface area contributed by atoms with Crippen molar-refractivity contribution in [1.29, 1.82) is 0 Å². The summed E-state index contributed by atoms with van der Waals surface area (Å²) in [6.07, 6.45) is 8.43. The van der Waals surface area contributed by atoms with Gasteiger partial charge in [-0.2, -0.15) is 9.13 Å². The average molecular weight is 784 g/mol. The minimum absolute atomic E-state index is 0.166. The molecule has 2 atom stereocenters. The molecule has 2 unspecified atom stereocenters. The van der Waals surface area contributed by atoms with E-state index in [-0.39, 0.29) is 16.4 Å². The number of pyridine rings is 2. The van der Waals surface area contributed by atoms with Crippen molar-refractivity contribution in [3.63, 3.8) is 0 Å². The monoisotopic (exact) mass is 783 g/mol.